The summed E-state index contributed by atoms with van der Waals surface area (Å²) in [6.45, 7) is 0. The molecule has 0 aliphatic carbocycles. The summed E-state index contributed by atoms with van der Waals surface area (Å²) in [5.74, 6) is -0.680. The Hall–Kier alpha value is -1.96. The SMILES string of the molecule is O=C(OO)c1ccc(Nc2nc(Cl)nc(Cl)n2)cc1. The lowest BCUT2D eigenvalue weighted by Crippen LogP contribution is -2.02. The lowest BCUT2D eigenvalue weighted by atomic mass is 10.2. The Morgan fingerprint density at radius 3 is 2.21 bits per heavy atom. The van der Waals surface area contributed by atoms with Crippen molar-refractivity contribution in [3.8, 4) is 0 Å². The van der Waals surface area contributed by atoms with Crippen molar-refractivity contribution in [2.75, 3.05) is 5.32 Å². The number of carbonyl (C=O) groups excluding carboxylic acids is 1. The third-order valence-electron chi connectivity index (χ3n) is 2.04. The topological polar surface area (TPSA) is 97.2 Å². The van der Waals surface area contributed by atoms with Crippen molar-refractivity contribution < 1.29 is 14.9 Å². The second kappa shape index (κ2) is 5.79. The van der Waals surface area contributed by atoms with E-state index in [9.17, 15) is 4.79 Å². The molecular formula is C10H6Cl2N4O3. The molecule has 0 saturated heterocycles. The molecule has 2 N–H and O–H groups in total. The Labute approximate surface area is 117 Å². The number of hydrogen-bond donors (Lipinski definition) is 2. The molecule has 0 unspecified atom stereocenters. The van der Waals surface area contributed by atoms with Crippen molar-refractivity contribution in [3.05, 3.63) is 40.4 Å². The number of anilines is 2. The number of rotatable bonds is 3. The zero-order valence-electron chi connectivity index (χ0n) is 9.17. The van der Waals surface area contributed by atoms with Gasteiger partial charge in [-0.05, 0) is 47.5 Å². The maximum atomic E-state index is 11.0. The van der Waals surface area contributed by atoms with Crippen LogP contribution in [0.3, 0.4) is 0 Å². The van der Waals surface area contributed by atoms with Crippen molar-refractivity contribution >= 4 is 40.8 Å². The number of benzene rings is 1. The molecule has 1 aromatic heterocycles. The molecule has 1 heterocycles. The van der Waals surface area contributed by atoms with Crippen LogP contribution in [0.5, 0.6) is 0 Å². The minimum absolute atomic E-state index is 0.0389. The average molecular weight is 301 g/mol. The van der Waals surface area contributed by atoms with Gasteiger partial charge in [-0.25, -0.2) is 4.79 Å². The molecule has 0 fully saturated rings. The largest absolute Gasteiger partial charge is 0.372 e. The maximum absolute atomic E-state index is 11.0. The van der Waals surface area contributed by atoms with E-state index in [1.54, 1.807) is 12.1 Å². The van der Waals surface area contributed by atoms with Gasteiger partial charge in [-0.1, -0.05) is 0 Å². The van der Waals surface area contributed by atoms with E-state index in [0.717, 1.165) is 0 Å². The fraction of sp³-hybridized carbons (Fsp3) is 0. The van der Waals surface area contributed by atoms with Crippen LogP contribution in [0.2, 0.25) is 10.6 Å². The molecule has 1 aromatic carbocycles. The molecule has 2 rings (SSSR count). The molecule has 19 heavy (non-hydrogen) atoms. The summed E-state index contributed by atoms with van der Waals surface area (Å²) in [6.07, 6.45) is 0. The van der Waals surface area contributed by atoms with Crippen molar-refractivity contribution in [1.29, 1.82) is 0 Å². The summed E-state index contributed by atoms with van der Waals surface area (Å²) < 4.78 is 0. The van der Waals surface area contributed by atoms with Crippen molar-refractivity contribution in [1.82, 2.24) is 15.0 Å². The first kappa shape index (κ1) is 13.5. The van der Waals surface area contributed by atoms with Gasteiger partial charge in [-0.2, -0.15) is 20.2 Å². The first-order valence-corrected chi connectivity index (χ1v) is 5.64. The molecule has 98 valence electrons. The van der Waals surface area contributed by atoms with Gasteiger partial charge in [-0.3, -0.25) is 4.89 Å². The minimum atomic E-state index is -0.849. The van der Waals surface area contributed by atoms with Crippen LogP contribution in [0.4, 0.5) is 11.6 Å². The summed E-state index contributed by atoms with van der Waals surface area (Å²) in [5, 5.41) is 11.0. The predicted octanol–water partition coefficient (Wildman–Crippen LogP) is 2.55. The van der Waals surface area contributed by atoms with Crippen molar-refractivity contribution in [2.45, 2.75) is 0 Å². The highest BCUT2D eigenvalue weighted by Gasteiger charge is 2.07. The first-order valence-electron chi connectivity index (χ1n) is 4.88. The van der Waals surface area contributed by atoms with Crippen LogP contribution in [0.25, 0.3) is 0 Å². The molecule has 0 spiro atoms. The molecule has 0 saturated carbocycles. The number of nitrogens with one attached hydrogen (secondary N) is 1. The van der Waals surface area contributed by atoms with Gasteiger partial charge in [0.2, 0.25) is 16.5 Å². The Bertz CT molecular complexity index is 586. The highest BCUT2D eigenvalue weighted by molar-refractivity contribution is 6.31. The lowest BCUT2D eigenvalue weighted by molar-refractivity contribution is -0.182. The maximum Gasteiger partial charge on any atom is 0.372 e. The van der Waals surface area contributed by atoms with E-state index in [4.69, 9.17) is 28.5 Å². The molecule has 0 radical (unpaired) electrons. The predicted molar refractivity (Wildman–Crippen MR) is 67.6 cm³/mol. The van der Waals surface area contributed by atoms with Crippen LogP contribution in [-0.2, 0) is 4.89 Å². The fourth-order valence-electron chi connectivity index (χ4n) is 1.25. The van der Waals surface area contributed by atoms with Crippen LogP contribution in [-0.4, -0.2) is 26.2 Å². The van der Waals surface area contributed by atoms with Crippen molar-refractivity contribution in [2.24, 2.45) is 0 Å². The second-order valence-electron chi connectivity index (χ2n) is 3.28. The third kappa shape index (κ3) is 3.50. The van der Waals surface area contributed by atoms with Gasteiger partial charge in [0.1, 0.15) is 0 Å². The summed E-state index contributed by atoms with van der Waals surface area (Å²) in [7, 11) is 0. The smallest absolute Gasteiger partial charge is 0.324 e. The molecule has 2 aromatic rings. The van der Waals surface area contributed by atoms with Gasteiger partial charge in [0.25, 0.3) is 0 Å². The molecule has 0 bridgehead atoms. The van der Waals surface area contributed by atoms with Crippen LogP contribution < -0.4 is 5.32 Å². The highest BCUT2D eigenvalue weighted by atomic mass is 35.5. The van der Waals surface area contributed by atoms with Gasteiger partial charge < -0.3 is 5.32 Å². The van der Waals surface area contributed by atoms with E-state index in [1.165, 1.54) is 12.1 Å². The second-order valence-corrected chi connectivity index (χ2v) is 3.95. The number of carbonyl (C=O) groups is 1. The standard InChI is InChI=1S/C10H6Cl2N4O3/c11-8-14-9(12)16-10(15-8)13-6-3-1-5(2-4-6)7(17)19-18/h1-4,18H,(H,13,14,15,16). The van der Waals surface area contributed by atoms with Gasteiger partial charge in [0.05, 0.1) is 5.56 Å². The Morgan fingerprint density at radius 2 is 1.68 bits per heavy atom. The van der Waals surface area contributed by atoms with Crippen LogP contribution in [0, 0.1) is 0 Å². The van der Waals surface area contributed by atoms with E-state index in [-0.39, 0.29) is 22.1 Å². The van der Waals surface area contributed by atoms with Gasteiger partial charge in [0.15, 0.2) is 0 Å². The Morgan fingerprint density at radius 1 is 1.11 bits per heavy atom. The van der Waals surface area contributed by atoms with Gasteiger partial charge in [0, 0.05) is 5.69 Å². The summed E-state index contributed by atoms with van der Waals surface area (Å²) >= 11 is 11.3. The van der Waals surface area contributed by atoms with E-state index in [2.05, 4.69) is 25.2 Å². The quantitative estimate of drug-likeness (QED) is 0.664. The van der Waals surface area contributed by atoms with Gasteiger partial charge in [-0.15, -0.1) is 0 Å². The lowest BCUT2D eigenvalue weighted by Gasteiger charge is -2.05. The molecule has 7 nitrogen and oxygen atoms in total. The molecular weight excluding hydrogens is 295 g/mol. The molecule has 0 aliphatic rings. The van der Waals surface area contributed by atoms with E-state index >= 15 is 0 Å². The summed E-state index contributed by atoms with van der Waals surface area (Å²) in [5.41, 5.74) is 0.785. The third-order valence-corrected chi connectivity index (χ3v) is 2.38. The van der Waals surface area contributed by atoms with Crippen LogP contribution >= 0.6 is 23.2 Å². The van der Waals surface area contributed by atoms with Crippen LogP contribution in [0.15, 0.2) is 24.3 Å². The number of nitrogens with zero attached hydrogens (tertiary/aromatic N) is 3. The number of hydrogen-bond acceptors (Lipinski definition) is 7. The zero-order valence-corrected chi connectivity index (χ0v) is 10.7. The molecule has 0 amide bonds. The van der Waals surface area contributed by atoms with E-state index < -0.39 is 5.97 Å². The van der Waals surface area contributed by atoms with Gasteiger partial charge >= 0.3 is 5.97 Å². The van der Waals surface area contributed by atoms with Crippen molar-refractivity contribution in [3.63, 3.8) is 0 Å². The fourth-order valence-corrected chi connectivity index (χ4v) is 1.62. The number of halogens is 2. The average Bonchev–Trinajstić information content (AvgIpc) is 2.37. The molecule has 0 atom stereocenters. The monoisotopic (exact) mass is 300 g/mol. The Balaban J connectivity index is 2.17. The normalized spacial score (nSPS) is 10.1. The molecule has 0 aliphatic heterocycles. The zero-order chi connectivity index (χ0) is 13.8. The number of aromatic nitrogens is 3. The van der Waals surface area contributed by atoms with E-state index in [0.29, 0.717) is 5.69 Å². The Kier molecular flexibility index (Phi) is 4.10. The minimum Gasteiger partial charge on any atom is -0.324 e. The van der Waals surface area contributed by atoms with Crippen LogP contribution in [0.1, 0.15) is 10.4 Å². The highest BCUT2D eigenvalue weighted by Crippen LogP contribution is 2.16. The first-order chi connectivity index (χ1) is 9.08. The summed E-state index contributed by atoms with van der Waals surface area (Å²) in [4.78, 5) is 25.9. The summed E-state index contributed by atoms with van der Waals surface area (Å²) in [6, 6.07) is 6.03. The molecule has 9 heteroatoms. The van der Waals surface area contributed by atoms with E-state index in [1.807, 2.05) is 0 Å².